The van der Waals surface area contributed by atoms with E-state index in [1.807, 2.05) is 0 Å². The Bertz CT molecular complexity index is 1110. The van der Waals surface area contributed by atoms with Crippen molar-refractivity contribution in [1.82, 2.24) is 24.9 Å². The Morgan fingerprint density at radius 1 is 1.07 bits per heavy atom. The Balaban J connectivity index is 2.16. The smallest absolute Gasteiger partial charge is 0.354 e. The normalized spacial score (nSPS) is 12.2. The predicted molar refractivity (Wildman–Crippen MR) is 95.2 cm³/mol. The first-order valence-electron chi connectivity index (χ1n) is 7.87. The highest BCUT2D eigenvalue weighted by molar-refractivity contribution is 7.89. The molecule has 8 nitrogen and oxygen atoms in total. The van der Waals surface area contributed by atoms with Crippen molar-refractivity contribution >= 4 is 21.4 Å². The van der Waals surface area contributed by atoms with E-state index in [1.54, 1.807) is 0 Å². The van der Waals surface area contributed by atoms with Crippen LogP contribution < -0.4 is 10.0 Å². The van der Waals surface area contributed by atoms with Crippen molar-refractivity contribution < 1.29 is 21.6 Å². The van der Waals surface area contributed by atoms with E-state index in [0.29, 0.717) is 0 Å². The van der Waals surface area contributed by atoms with Gasteiger partial charge in [-0.3, -0.25) is 0 Å². The minimum atomic E-state index is -4.56. The van der Waals surface area contributed by atoms with E-state index < -0.39 is 21.8 Å². The van der Waals surface area contributed by atoms with Crippen molar-refractivity contribution in [2.75, 3.05) is 12.4 Å². The highest BCUT2D eigenvalue weighted by Gasteiger charge is 2.33. The number of sulfonamides is 1. The minimum absolute atomic E-state index is 0.0809. The van der Waals surface area contributed by atoms with Crippen LogP contribution in [-0.2, 0) is 23.2 Å². The molecule has 3 aromatic rings. The summed E-state index contributed by atoms with van der Waals surface area (Å²) in [6.07, 6.45) is -4.56. The molecule has 28 heavy (non-hydrogen) atoms. The number of anilines is 2. The first kappa shape index (κ1) is 19.8. The lowest BCUT2D eigenvalue weighted by Gasteiger charge is -2.17. The van der Waals surface area contributed by atoms with E-state index >= 15 is 0 Å². The molecular formula is C16H15F3N6O2S. The van der Waals surface area contributed by atoms with E-state index in [4.69, 9.17) is 0 Å². The number of hydrogen-bond donors (Lipinski definition) is 2. The quantitative estimate of drug-likeness (QED) is 0.668. The van der Waals surface area contributed by atoms with Crippen LogP contribution in [0.2, 0.25) is 0 Å². The lowest BCUT2D eigenvalue weighted by Crippen LogP contribution is -2.18. The fourth-order valence-corrected chi connectivity index (χ4v) is 3.30. The summed E-state index contributed by atoms with van der Waals surface area (Å²) in [6, 6.07) is 8.89. The maximum atomic E-state index is 13.3. The molecular weight excluding hydrogens is 397 g/mol. The summed E-state index contributed by atoms with van der Waals surface area (Å²) in [5.41, 5.74) is -0.606. The summed E-state index contributed by atoms with van der Waals surface area (Å²) < 4.78 is 67.6. The number of benzene rings is 2. The average Bonchev–Trinajstić information content (AvgIpc) is 3.07. The zero-order valence-corrected chi connectivity index (χ0v) is 15.5. The van der Waals surface area contributed by atoms with Crippen molar-refractivity contribution in [3.8, 4) is 11.4 Å². The topological polar surface area (TPSA) is 102 Å². The van der Waals surface area contributed by atoms with Crippen molar-refractivity contribution in [1.29, 1.82) is 0 Å². The molecule has 0 aliphatic rings. The predicted octanol–water partition coefficient (Wildman–Crippen LogP) is 2.55. The van der Waals surface area contributed by atoms with Crippen molar-refractivity contribution in [2.24, 2.45) is 7.05 Å². The minimum Gasteiger partial charge on any atom is -0.354 e. The highest BCUT2D eigenvalue weighted by Crippen LogP contribution is 2.38. The molecule has 0 aliphatic carbocycles. The van der Waals surface area contributed by atoms with Gasteiger partial charge >= 0.3 is 6.18 Å². The fraction of sp³-hybridized carbons (Fsp3) is 0.188. The molecule has 0 saturated heterocycles. The third-order valence-electron chi connectivity index (χ3n) is 3.93. The third kappa shape index (κ3) is 3.82. The molecule has 0 bridgehead atoms. The number of alkyl halides is 3. The van der Waals surface area contributed by atoms with Crippen LogP contribution in [0.4, 0.5) is 24.5 Å². The molecule has 148 valence electrons. The molecule has 1 aromatic heterocycles. The first-order chi connectivity index (χ1) is 13.1. The van der Waals surface area contributed by atoms with Gasteiger partial charge in [0.05, 0.1) is 16.1 Å². The van der Waals surface area contributed by atoms with Crippen LogP contribution in [-0.4, -0.2) is 35.7 Å². The summed E-state index contributed by atoms with van der Waals surface area (Å²) in [7, 11) is -0.997. The maximum absolute atomic E-state index is 13.3. The van der Waals surface area contributed by atoms with E-state index in [9.17, 15) is 21.6 Å². The third-order valence-corrected chi connectivity index (χ3v) is 5.34. The summed E-state index contributed by atoms with van der Waals surface area (Å²) in [5, 5.41) is 13.7. The first-order valence-corrected chi connectivity index (χ1v) is 9.35. The number of halogens is 3. The Labute approximate surface area is 158 Å². The van der Waals surface area contributed by atoms with Crippen molar-refractivity contribution in [3.05, 3.63) is 48.0 Å². The number of nitrogens with zero attached hydrogens (tertiary/aromatic N) is 4. The van der Waals surface area contributed by atoms with Crippen LogP contribution >= 0.6 is 0 Å². The number of hydrogen-bond acceptors (Lipinski definition) is 6. The van der Waals surface area contributed by atoms with Crippen LogP contribution in [0.3, 0.4) is 0 Å². The SMILES string of the molecule is CNS(=O)(=O)c1ccc(Nc2ccccc2C(F)(F)F)c(-c2nnnn2C)c1. The second kappa shape index (κ2) is 7.20. The van der Waals surface area contributed by atoms with Crippen LogP contribution in [0.15, 0.2) is 47.4 Å². The lowest BCUT2D eigenvalue weighted by atomic mass is 10.1. The van der Waals surface area contributed by atoms with E-state index in [0.717, 1.165) is 6.07 Å². The van der Waals surface area contributed by atoms with Gasteiger partial charge in [0.1, 0.15) is 0 Å². The largest absolute Gasteiger partial charge is 0.418 e. The number of rotatable bonds is 5. The van der Waals surface area contributed by atoms with Gasteiger partial charge in [-0.05, 0) is 47.8 Å². The molecule has 0 saturated carbocycles. The molecule has 2 aromatic carbocycles. The van der Waals surface area contributed by atoms with Gasteiger partial charge in [-0.15, -0.1) is 5.10 Å². The zero-order chi connectivity index (χ0) is 20.5. The average molecular weight is 412 g/mol. The monoisotopic (exact) mass is 412 g/mol. The molecule has 2 N–H and O–H groups in total. The van der Waals surface area contributed by atoms with Crippen LogP contribution in [0, 0.1) is 0 Å². The van der Waals surface area contributed by atoms with Crippen LogP contribution in [0.25, 0.3) is 11.4 Å². The van der Waals surface area contributed by atoms with Gasteiger partial charge in [0.15, 0.2) is 5.82 Å². The van der Waals surface area contributed by atoms with Gasteiger partial charge in [0.25, 0.3) is 0 Å². The van der Waals surface area contributed by atoms with E-state index in [2.05, 4.69) is 25.6 Å². The molecule has 0 spiro atoms. The molecule has 0 amide bonds. The molecule has 12 heteroatoms. The van der Waals surface area contributed by atoms with Gasteiger partial charge in [0, 0.05) is 18.3 Å². The van der Waals surface area contributed by atoms with Crippen LogP contribution in [0.5, 0.6) is 0 Å². The second-order valence-electron chi connectivity index (χ2n) is 5.71. The number of aromatic nitrogens is 4. The van der Waals surface area contributed by atoms with Gasteiger partial charge in [-0.25, -0.2) is 17.8 Å². The molecule has 0 fully saturated rings. The van der Waals surface area contributed by atoms with Gasteiger partial charge in [-0.2, -0.15) is 13.2 Å². The Kier molecular flexibility index (Phi) is 5.08. The number of nitrogens with one attached hydrogen (secondary N) is 2. The van der Waals surface area contributed by atoms with Crippen molar-refractivity contribution in [2.45, 2.75) is 11.1 Å². The Morgan fingerprint density at radius 2 is 1.79 bits per heavy atom. The van der Waals surface area contributed by atoms with E-state index in [-0.39, 0.29) is 27.7 Å². The highest BCUT2D eigenvalue weighted by atomic mass is 32.2. The zero-order valence-electron chi connectivity index (χ0n) is 14.7. The molecule has 1 heterocycles. The molecule has 3 rings (SSSR count). The molecule has 0 unspecified atom stereocenters. The summed E-state index contributed by atoms with van der Waals surface area (Å²) in [4.78, 5) is -0.0809. The van der Waals surface area contributed by atoms with E-state index in [1.165, 1.54) is 55.2 Å². The molecule has 0 radical (unpaired) electrons. The summed E-state index contributed by atoms with van der Waals surface area (Å²) >= 11 is 0. The Hall–Kier alpha value is -2.99. The van der Waals surface area contributed by atoms with Gasteiger partial charge in [0.2, 0.25) is 10.0 Å². The maximum Gasteiger partial charge on any atom is 0.418 e. The van der Waals surface area contributed by atoms with Crippen molar-refractivity contribution in [3.63, 3.8) is 0 Å². The number of aryl methyl sites for hydroxylation is 1. The summed E-state index contributed by atoms with van der Waals surface area (Å²) in [5.74, 6) is 0.181. The van der Waals surface area contributed by atoms with Crippen LogP contribution in [0.1, 0.15) is 5.56 Å². The van der Waals surface area contributed by atoms with Gasteiger partial charge in [-0.1, -0.05) is 12.1 Å². The fourth-order valence-electron chi connectivity index (χ4n) is 2.54. The molecule has 0 aliphatic heterocycles. The lowest BCUT2D eigenvalue weighted by molar-refractivity contribution is -0.136. The summed E-state index contributed by atoms with van der Waals surface area (Å²) in [6.45, 7) is 0. The number of para-hydroxylation sites is 1. The van der Waals surface area contributed by atoms with Gasteiger partial charge < -0.3 is 5.32 Å². The standard InChI is InChI=1S/C16H15F3N6O2S/c1-20-28(26,27)10-7-8-13(11(9-10)15-22-23-24-25(15)2)21-14-6-4-3-5-12(14)16(17,18)19/h3-9,20-21H,1-2H3. The Morgan fingerprint density at radius 3 is 2.39 bits per heavy atom. The molecule has 0 atom stereocenters. The second-order valence-corrected chi connectivity index (χ2v) is 7.60. The number of tetrazole rings is 1.